The second-order valence-electron chi connectivity index (χ2n) is 2.79. The number of alkyl halides is 1. The number of nitrogens with zero attached hydrogens (tertiary/aromatic N) is 2. The average molecular weight is 274 g/mol. The third kappa shape index (κ3) is 1.67. The Hall–Kier alpha value is -0.870. The molecule has 2 aromatic rings. The van der Waals surface area contributed by atoms with E-state index < -0.39 is 0 Å². The molecule has 0 aliphatic carbocycles. The molecule has 0 aromatic carbocycles. The lowest BCUT2D eigenvalue weighted by atomic mass is 10.4. The maximum Gasteiger partial charge on any atom is 0.258 e. The van der Waals surface area contributed by atoms with Crippen molar-refractivity contribution in [2.75, 3.05) is 0 Å². The fraction of sp³-hybridized carbons (Fsp3) is 0.111. The van der Waals surface area contributed by atoms with E-state index in [1.54, 1.807) is 18.3 Å². The molecule has 0 spiro atoms. The summed E-state index contributed by atoms with van der Waals surface area (Å²) < 4.78 is 1.43. The maximum atomic E-state index is 11.6. The molecule has 0 saturated heterocycles. The largest absolute Gasteiger partial charge is 0.269 e. The van der Waals surface area contributed by atoms with E-state index in [0.29, 0.717) is 16.0 Å². The number of pyridine rings is 1. The standard InChI is InChI=1S/C9H6BrClN2O/c10-4-7-3-9(14)13-5-6(11)1-2-8(13)12-7/h1-3,5H,4H2. The first-order valence-electron chi connectivity index (χ1n) is 3.94. The highest BCUT2D eigenvalue weighted by atomic mass is 79.9. The minimum atomic E-state index is -0.119. The zero-order valence-corrected chi connectivity index (χ0v) is 9.42. The van der Waals surface area contributed by atoms with Crippen LogP contribution in [0.2, 0.25) is 5.02 Å². The quantitative estimate of drug-likeness (QED) is 0.747. The normalized spacial score (nSPS) is 10.7. The number of fused-ring (bicyclic) bond motifs is 1. The van der Waals surface area contributed by atoms with Crippen LogP contribution in [0.4, 0.5) is 0 Å². The number of halogens is 2. The number of aromatic nitrogens is 2. The third-order valence-corrected chi connectivity index (χ3v) is 2.61. The van der Waals surface area contributed by atoms with Gasteiger partial charge in [-0.05, 0) is 12.1 Å². The molecule has 2 heterocycles. The molecule has 0 saturated carbocycles. The van der Waals surface area contributed by atoms with Crippen LogP contribution in [0.5, 0.6) is 0 Å². The van der Waals surface area contributed by atoms with Crippen LogP contribution in [-0.2, 0) is 5.33 Å². The molecule has 0 bridgehead atoms. The molecule has 0 N–H and O–H groups in total. The van der Waals surface area contributed by atoms with Crippen molar-refractivity contribution in [3.8, 4) is 0 Å². The summed E-state index contributed by atoms with van der Waals surface area (Å²) in [5.41, 5.74) is 1.21. The van der Waals surface area contributed by atoms with E-state index in [9.17, 15) is 4.79 Å². The van der Waals surface area contributed by atoms with Crippen LogP contribution < -0.4 is 5.56 Å². The van der Waals surface area contributed by atoms with Crippen LogP contribution in [0, 0.1) is 0 Å². The van der Waals surface area contributed by atoms with Gasteiger partial charge in [0.1, 0.15) is 5.65 Å². The fourth-order valence-corrected chi connectivity index (χ4v) is 1.64. The highest BCUT2D eigenvalue weighted by Crippen LogP contribution is 2.09. The molecule has 14 heavy (non-hydrogen) atoms. The van der Waals surface area contributed by atoms with Gasteiger partial charge in [-0.15, -0.1) is 0 Å². The fourth-order valence-electron chi connectivity index (χ4n) is 1.19. The summed E-state index contributed by atoms with van der Waals surface area (Å²) in [4.78, 5) is 15.8. The molecule has 5 heteroatoms. The van der Waals surface area contributed by atoms with Crippen LogP contribution in [0.15, 0.2) is 29.2 Å². The summed E-state index contributed by atoms with van der Waals surface area (Å²) in [6.07, 6.45) is 1.56. The predicted octanol–water partition coefficient (Wildman–Crippen LogP) is 2.24. The molecule has 0 radical (unpaired) electrons. The first kappa shape index (κ1) is 9.68. The highest BCUT2D eigenvalue weighted by molar-refractivity contribution is 9.08. The first-order chi connectivity index (χ1) is 6.70. The van der Waals surface area contributed by atoms with Gasteiger partial charge in [0.05, 0.1) is 10.7 Å². The second kappa shape index (κ2) is 3.71. The van der Waals surface area contributed by atoms with Crippen molar-refractivity contribution in [2.24, 2.45) is 0 Å². The molecule has 0 aliphatic rings. The van der Waals surface area contributed by atoms with Crippen LogP contribution in [0.25, 0.3) is 5.65 Å². The molecule has 2 rings (SSSR count). The molecule has 0 fully saturated rings. The zero-order chi connectivity index (χ0) is 10.1. The SMILES string of the molecule is O=c1cc(CBr)nc2ccc(Cl)cn12. The van der Waals surface area contributed by atoms with Gasteiger partial charge in [0.15, 0.2) is 0 Å². The van der Waals surface area contributed by atoms with Gasteiger partial charge in [-0.3, -0.25) is 9.20 Å². The van der Waals surface area contributed by atoms with Gasteiger partial charge in [0.2, 0.25) is 0 Å². The van der Waals surface area contributed by atoms with Crippen LogP contribution in [0.1, 0.15) is 5.69 Å². The molecule has 2 aromatic heterocycles. The summed E-state index contributed by atoms with van der Waals surface area (Å²) in [6, 6.07) is 4.91. The summed E-state index contributed by atoms with van der Waals surface area (Å²) in [5, 5.41) is 1.09. The Balaban J connectivity index is 2.83. The molecular weight excluding hydrogens is 267 g/mol. The van der Waals surface area contributed by atoms with Crippen molar-refractivity contribution >= 4 is 33.2 Å². The van der Waals surface area contributed by atoms with Gasteiger partial charge in [0.25, 0.3) is 5.56 Å². The summed E-state index contributed by atoms with van der Waals surface area (Å²) in [6.45, 7) is 0. The van der Waals surface area contributed by atoms with E-state index in [1.807, 2.05) is 0 Å². The Kier molecular flexibility index (Phi) is 2.56. The Morgan fingerprint density at radius 2 is 2.29 bits per heavy atom. The van der Waals surface area contributed by atoms with E-state index in [2.05, 4.69) is 20.9 Å². The van der Waals surface area contributed by atoms with E-state index in [4.69, 9.17) is 11.6 Å². The smallest absolute Gasteiger partial charge is 0.258 e. The Morgan fingerprint density at radius 3 is 3.00 bits per heavy atom. The lowest BCUT2D eigenvalue weighted by Gasteiger charge is -2.01. The molecule has 0 atom stereocenters. The van der Waals surface area contributed by atoms with Gasteiger partial charge < -0.3 is 0 Å². The monoisotopic (exact) mass is 272 g/mol. The zero-order valence-electron chi connectivity index (χ0n) is 7.08. The minimum absolute atomic E-state index is 0.119. The number of hydrogen-bond acceptors (Lipinski definition) is 2. The van der Waals surface area contributed by atoms with Gasteiger partial charge in [-0.1, -0.05) is 27.5 Å². The Bertz CT molecular complexity index is 538. The molecule has 0 aliphatic heterocycles. The van der Waals surface area contributed by atoms with Crippen molar-refractivity contribution in [3.63, 3.8) is 0 Å². The van der Waals surface area contributed by atoms with Crippen LogP contribution >= 0.6 is 27.5 Å². The van der Waals surface area contributed by atoms with E-state index in [1.165, 1.54) is 10.5 Å². The second-order valence-corrected chi connectivity index (χ2v) is 3.79. The lowest BCUT2D eigenvalue weighted by molar-refractivity contribution is 1.01. The van der Waals surface area contributed by atoms with Crippen molar-refractivity contribution in [1.29, 1.82) is 0 Å². The van der Waals surface area contributed by atoms with Gasteiger partial charge in [-0.2, -0.15) is 0 Å². The number of rotatable bonds is 1. The van der Waals surface area contributed by atoms with Crippen molar-refractivity contribution in [1.82, 2.24) is 9.38 Å². The van der Waals surface area contributed by atoms with Crippen molar-refractivity contribution in [3.05, 3.63) is 45.5 Å². The highest BCUT2D eigenvalue weighted by Gasteiger charge is 2.01. The topological polar surface area (TPSA) is 34.4 Å². The van der Waals surface area contributed by atoms with Gasteiger partial charge >= 0.3 is 0 Å². The summed E-state index contributed by atoms with van der Waals surface area (Å²) >= 11 is 9.02. The average Bonchev–Trinajstić information content (AvgIpc) is 2.19. The molecule has 72 valence electrons. The lowest BCUT2D eigenvalue weighted by Crippen LogP contribution is -2.14. The summed E-state index contributed by atoms with van der Waals surface area (Å²) in [7, 11) is 0. The Morgan fingerprint density at radius 1 is 1.50 bits per heavy atom. The minimum Gasteiger partial charge on any atom is -0.269 e. The number of hydrogen-bond donors (Lipinski definition) is 0. The van der Waals surface area contributed by atoms with E-state index in [0.717, 1.165) is 5.69 Å². The molecule has 0 unspecified atom stereocenters. The summed E-state index contributed by atoms with van der Waals surface area (Å²) in [5.74, 6) is 0. The molecular formula is C9H6BrClN2O. The first-order valence-corrected chi connectivity index (χ1v) is 5.44. The van der Waals surface area contributed by atoms with Crippen LogP contribution in [0.3, 0.4) is 0 Å². The maximum absolute atomic E-state index is 11.6. The van der Waals surface area contributed by atoms with Crippen LogP contribution in [-0.4, -0.2) is 9.38 Å². The van der Waals surface area contributed by atoms with Crippen molar-refractivity contribution < 1.29 is 0 Å². The molecule has 0 amide bonds. The Labute approximate surface area is 93.5 Å². The van der Waals surface area contributed by atoms with Gasteiger partial charge in [-0.25, -0.2) is 4.98 Å². The van der Waals surface area contributed by atoms with E-state index in [-0.39, 0.29) is 5.56 Å². The third-order valence-electron chi connectivity index (χ3n) is 1.81. The van der Waals surface area contributed by atoms with E-state index >= 15 is 0 Å². The van der Waals surface area contributed by atoms with Crippen molar-refractivity contribution in [2.45, 2.75) is 5.33 Å². The van der Waals surface area contributed by atoms with Gasteiger partial charge in [0, 0.05) is 17.6 Å². The molecule has 3 nitrogen and oxygen atoms in total. The predicted molar refractivity (Wildman–Crippen MR) is 59.1 cm³/mol.